The molecular formula is C23H31NaO4S. The summed E-state index contributed by atoms with van der Waals surface area (Å²) in [6, 6.07) is 6.20. The topological polar surface area (TPSA) is 66.4 Å². The van der Waals surface area contributed by atoms with Crippen LogP contribution < -0.4 is 34.3 Å². The number of allylic oxidation sites excluding steroid dienone is 2. The first-order valence-corrected chi connectivity index (χ1v) is 11.9. The molecule has 0 amide bonds. The Kier molecular flexibility index (Phi) is 9.05. The number of rotatable bonds is 3. The van der Waals surface area contributed by atoms with Crippen LogP contribution >= 0.6 is 0 Å². The number of fused-ring (bicyclic) bond motifs is 9. The molecular weight excluding hydrogens is 395 g/mol. The van der Waals surface area contributed by atoms with Crippen molar-refractivity contribution in [2.45, 2.75) is 82.1 Å². The van der Waals surface area contributed by atoms with Crippen LogP contribution in [0.4, 0.5) is 0 Å². The van der Waals surface area contributed by atoms with Gasteiger partial charge in [0.1, 0.15) is 21.5 Å². The van der Waals surface area contributed by atoms with Gasteiger partial charge in [0, 0.05) is 5.92 Å². The number of ether oxygens (including phenoxy) is 1. The quantitative estimate of drug-likeness (QED) is 0.551. The Labute approximate surface area is 197 Å². The summed E-state index contributed by atoms with van der Waals surface area (Å²) in [7, 11) is -4.59. The number of para-hydroxylation sites is 1. The Bertz CT molecular complexity index is 859. The second-order valence-corrected chi connectivity index (χ2v) is 9.54. The third-order valence-corrected chi connectivity index (χ3v) is 7.26. The largest absolute Gasteiger partial charge is 1.00 e. The van der Waals surface area contributed by atoms with Crippen LogP contribution in [-0.2, 0) is 10.1 Å². The molecule has 0 saturated heterocycles. The molecule has 29 heavy (non-hydrogen) atoms. The second-order valence-electron chi connectivity index (χ2n) is 8.20. The molecule has 0 aliphatic heterocycles. The third kappa shape index (κ3) is 5.98. The van der Waals surface area contributed by atoms with Crippen molar-refractivity contribution in [2.75, 3.05) is 0 Å². The van der Waals surface area contributed by atoms with Crippen molar-refractivity contribution in [3.8, 4) is 5.75 Å². The van der Waals surface area contributed by atoms with Crippen LogP contribution in [0.3, 0.4) is 0 Å². The van der Waals surface area contributed by atoms with Crippen molar-refractivity contribution >= 4 is 10.1 Å². The minimum Gasteiger partial charge on any atom is -0.744 e. The molecule has 0 heterocycles. The number of hydrogen-bond acceptors (Lipinski definition) is 4. The Balaban J connectivity index is 0.00000300. The molecule has 3 aliphatic carbocycles. The summed E-state index contributed by atoms with van der Waals surface area (Å²) in [5, 5.41) is 0. The van der Waals surface area contributed by atoms with E-state index in [4.69, 9.17) is 4.74 Å². The molecule has 2 atom stereocenters. The minimum absolute atomic E-state index is 0. The van der Waals surface area contributed by atoms with Gasteiger partial charge in [0.15, 0.2) is 0 Å². The summed E-state index contributed by atoms with van der Waals surface area (Å²) < 4.78 is 41.6. The maximum Gasteiger partial charge on any atom is 1.00 e. The van der Waals surface area contributed by atoms with E-state index in [0.29, 0.717) is 0 Å². The molecule has 0 aromatic heterocycles. The van der Waals surface area contributed by atoms with Gasteiger partial charge < -0.3 is 9.29 Å². The molecule has 0 spiro atoms. The zero-order chi connectivity index (χ0) is 20.2. The zero-order valence-corrected chi connectivity index (χ0v) is 20.8. The fraction of sp³-hybridized carbons (Fsp3) is 0.565. The van der Waals surface area contributed by atoms with E-state index >= 15 is 0 Å². The summed E-state index contributed by atoms with van der Waals surface area (Å²) in [5.41, 5.74) is 2.06. The van der Waals surface area contributed by atoms with Crippen LogP contribution in [-0.4, -0.2) is 18.6 Å². The summed E-state index contributed by atoms with van der Waals surface area (Å²) in [5.74, 6) is 0.283. The zero-order valence-electron chi connectivity index (χ0n) is 17.9. The van der Waals surface area contributed by atoms with E-state index < -0.39 is 15.7 Å². The predicted octanol–water partition coefficient (Wildman–Crippen LogP) is 2.76. The average molecular weight is 427 g/mol. The predicted molar refractivity (Wildman–Crippen MR) is 110 cm³/mol. The Morgan fingerprint density at radius 2 is 1.66 bits per heavy atom. The summed E-state index contributed by atoms with van der Waals surface area (Å²) in [6.07, 6.45) is 14.6. The van der Waals surface area contributed by atoms with Gasteiger partial charge in [0.05, 0.1) is 4.90 Å². The first-order chi connectivity index (χ1) is 13.3. The van der Waals surface area contributed by atoms with Crippen molar-refractivity contribution in [3.05, 3.63) is 47.6 Å². The molecule has 0 N–H and O–H groups in total. The summed E-state index contributed by atoms with van der Waals surface area (Å²) in [6.45, 7) is 4.32. The first-order valence-electron chi connectivity index (χ1n) is 10.5. The Morgan fingerprint density at radius 3 is 2.34 bits per heavy atom. The van der Waals surface area contributed by atoms with Gasteiger partial charge in [-0.3, -0.25) is 0 Å². The van der Waals surface area contributed by atoms with Gasteiger partial charge >= 0.3 is 29.6 Å². The van der Waals surface area contributed by atoms with Crippen LogP contribution in [0.1, 0.15) is 71.6 Å². The summed E-state index contributed by atoms with van der Waals surface area (Å²) in [4.78, 5) is -0.277. The molecule has 2 bridgehead atoms. The first kappa shape index (κ1) is 24.7. The second kappa shape index (κ2) is 10.6. The van der Waals surface area contributed by atoms with E-state index in [-0.39, 0.29) is 46.1 Å². The van der Waals surface area contributed by atoms with Crippen LogP contribution in [0.25, 0.3) is 0 Å². The average Bonchev–Trinajstić information content (AvgIpc) is 2.68. The molecule has 3 aliphatic rings. The van der Waals surface area contributed by atoms with Crippen molar-refractivity contribution in [1.29, 1.82) is 0 Å². The molecule has 154 valence electrons. The van der Waals surface area contributed by atoms with E-state index in [1.54, 1.807) is 18.2 Å². The monoisotopic (exact) mass is 426 g/mol. The van der Waals surface area contributed by atoms with Gasteiger partial charge in [-0.1, -0.05) is 62.8 Å². The Morgan fingerprint density at radius 1 is 1.03 bits per heavy atom. The molecule has 0 radical (unpaired) electrons. The van der Waals surface area contributed by atoms with Gasteiger partial charge in [0.2, 0.25) is 0 Å². The molecule has 1 aromatic rings. The van der Waals surface area contributed by atoms with Gasteiger partial charge in [0.25, 0.3) is 0 Å². The van der Waals surface area contributed by atoms with Gasteiger partial charge in [-0.05, 0) is 56.4 Å². The van der Waals surface area contributed by atoms with Crippen LogP contribution in [0.15, 0.2) is 52.5 Å². The third-order valence-electron chi connectivity index (χ3n) is 6.39. The standard InChI is InChI=1S/C23H32O4S.Na/c1-18-19(2)23(27-21-13-9-10-14-22(21)28(24,25)26)16-11-7-5-3-4-6-8-12-20(18)15-17-23;/h9-10,13-15,17,19H,3-8,11-12,16H2,1-2H3,(H,24,25,26);/q;+1/p-1. The van der Waals surface area contributed by atoms with E-state index in [0.717, 1.165) is 25.7 Å². The molecule has 4 nitrogen and oxygen atoms in total. The Hall–Kier alpha value is -0.590. The molecule has 0 saturated carbocycles. The van der Waals surface area contributed by atoms with Crippen LogP contribution in [0, 0.1) is 5.92 Å². The SMILES string of the molecule is CC1=C2C=CC(Oc3ccccc3S(=O)(=O)[O-])(CCCCCCCCC2)C1C.[Na+]. The van der Waals surface area contributed by atoms with E-state index in [2.05, 4.69) is 26.0 Å². The van der Waals surface area contributed by atoms with Crippen molar-refractivity contribution in [3.63, 3.8) is 0 Å². The maximum atomic E-state index is 11.7. The minimum atomic E-state index is -4.59. The number of hydrogen-bond donors (Lipinski definition) is 0. The fourth-order valence-corrected chi connectivity index (χ4v) is 5.06. The van der Waals surface area contributed by atoms with Crippen LogP contribution in [0.2, 0.25) is 0 Å². The normalized spacial score (nSPS) is 26.1. The van der Waals surface area contributed by atoms with E-state index in [9.17, 15) is 13.0 Å². The molecule has 2 unspecified atom stereocenters. The van der Waals surface area contributed by atoms with Crippen LogP contribution in [0.5, 0.6) is 5.75 Å². The van der Waals surface area contributed by atoms with Gasteiger partial charge in [-0.2, -0.15) is 0 Å². The van der Waals surface area contributed by atoms with E-state index in [1.165, 1.54) is 49.3 Å². The van der Waals surface area contributed by atoms with Gasteiger partial charge in [-0.15, -0.1) is 0 Å². The van der Waals surface area contributed by atoms with Crippen molar-refractivity contribution in [1.82, 2.24) is 0 Å². The van der Waals surface area contributed by atoms with Crippen molar-refractivity contribution in [2.24, 2.45) is 5.92 Å². The molecule has 1 aromatic carbocycles. The summed E-state index contributed by atoms with van der Waals surface area (Å²) >= 11 is 0. The molecule has 0 fully saturated rings. The fourth-order valence-electron chi connectivity index (χ4n) is 4.46. The molecule has 4 rings (SSSR count). The number of benzene rings is 1. The smallest absolute Gasteiger partial charge is 0.744 e. The molecule has 6 heteroatoms. The maximum absolute atomic E-state index is 11.7. The van der Waals surface area contributed by atoms with Crippen molar-refractivity contribution < 1.29 is 47.3 Å². The van der Waals surface area contributed by atoms with Gasteiger partial charge in [-0.25, -0.2) is 8.42 Å². The van der Waals surface area contributed by atoms with E-state index in [1.807, 2.05) is 0 Å².